The summed E-state index contributed by atoms with van der Waals surface area (Å²) in [6.45, 7) is 4.48. The Bertz CT molecular complexity index is 223. The van der Waals surface area contributed by atoms with E-state index >= 15 is 0 Å². The van der Waals surface area contributed by atoms with Crippen molar-refractivity contribution in [1.29, 1.82) is 0 Å². The van der Waals surface area contributed by atoms with Gasteiger partial charge in [0.2, 0.25) is 5.91 Å². The van der Waals surface area contributed by atoms with Crippen LogP contribution in [0.3, 0.4) is 0 Å². The Hall–Kier alpha value is -0.650. The summed E-state index contributed by atoms with van der Waals surface area (Å²) in [4.78, 5) is 15.9. The molecule has 5 nitrogen and oxygen atoms in total. The van der Waals surface area contributed by atoms with E-state index in [4.69, 9.17) is 10.5 Å². The molecule has 1 fully saturated rings. The Kier molecular flexibility index (Phi) is 4.50. The zero-order valence-electron chi connectivity index (χ0n) is 9.77. The molecule has 2 unspecified atom stereocenters. The van der Waals surface area contributed by atoms with E-state index in [1.807, 2.05) is 16.8 Å². The number of hydrogen-bond donors (Lipinski definition) is 1. The van der Waals surface area contributed by atoms with Crippen LogP contribution < -0.4 is 5.73 Å². The smallest absolute Gasteiger partial charge is 0.241 e. The predicted molar refractivity (Wildman–Crippen MR) is 58.5 cm³/mol. The third-order valence-electron chi connectivity index (χ3n) is 3.06. The molecule has 0 aromatic carbocycles. The number of rotatable bonds is 4. The summed E-state index contributed by atoms with van der Waals surface area (Å²) < 4.78 is 4.99. The number of nitrogens with two attached hydrogens (primary N) is 1. The summed E-state index contributed by atoms with van der Waals surface area (Å²) in [6.07, 6.45) is 0. The largest absolute Gasteiger partial charge is 0.383 e. The number of ether oxygens (including phenoxy) is 1. The van der Waals surface area contributed by atoms with Gasteiger partial charge < -0.3 is 15.4 Å². The highest BCUT2D eigenvalue weighted by molar-refractivity contribution is 5.83. The van der Waals surface area contributed by atoms with Gasteiger partial charge in [-0.3, -0.25) is 9.69 Å². The summed E-state index contributed by atoms with van der Waals surface area (Å²) in [6, 6.07) is 0.179. The van der Waals surface area contributed by atoms with E-state index in [9.17, 15) is 4.79 Å². The highest BCUT2D eigenvalue weighted by Gasteiger charge is 2.35. The molecule has 1 heterocycles. The molecular formula is C10H21N3O2. The normalized spacial score (nSPS) is 28.5. The van der Waals surface area contributed by atoms with Crippen LogP contribution in [0.25, 0.3) is 0 Å². The van der Waals surface area contributed by atoms with E-state index in [0.29, 0.717) is 25.7 Å². The number of methoxy groups -OCH3 is 1. The van der Waals surface area contributed by atoms with Gasteiger partial charge in [-0.1, -0.05) is 0 Å². The minimum absolute atomic E-state index is 0.121. The second kappa shape index (κ2) is 5.44. The van der Waals surface area contributed by atoms with E-state index in [-0.39, 0.29) is 11.9 Å². The zero-order chi connectivity index (χ0) is 11.4. The van der Waals surface area contributed by atoms with Crippen molar-refractivity contribution in [2.75, 3.05) is 40.4 Å². The highest BCUT2D eigenvalue weighted by Crippen LogP contribution is 2.13. The molecule has 0 spiro atoms. The fourth-order valence-electron chi connectivity index (χ4n) is 1.90. The van der Waals surface area contributed by atoms with E-state index in [1.165, 1.54) is 0 Å². The van der Waals surface area contributed by atoms with E-state index in [0.717, 1.165) is 6.54 Å². The average Bonchev–Trinajstić information content (AvgIpc) is 2.22. The van der Waals surface area contributed by atoms with Gasteiger partial charge in [0.05, 0.1) is 6.61 Å². The molecule has 0 bridgehead atoms. The topological polar surface area (TPSA) is 58.8 Å². The number of carbonyl (C=O) groups excluding carboxylic acids is 1. The Morgan fingerprint density at radius 1 is 1.60 bits per heavy atom. The fourth-order valence-corrected chi connectivity index (χ4v) is 1.90. The van der Waals surface area contributed by atoms with Crippen LogP contribution in [-0.4, -0.2) is 68.2 Å². The summed E-state index contributed by atoms with van der Waals surface area (Å²) in [5, 5.41) is 0. The number of nitrogens with zero attached hydrogens (tertiary/aromatic N) is 2. The van der Waals surface area contributed by atoms with Crippen molar-refractivity contribution in [3.63, 3.8) is 0 Å². The van der Waals surface area contributed by atoms with Crippen molar-refractivity contribution in [2.45, 2.75) is 19.0 Å². The maximum Gasteiger partial charge on any atom is 0.241 e. The maximum atomic E-state index is 12.0. The van der Waals surface area contributed by atoms with Crippen LogP contribution in [0.2, 0.25) is 0 Å². The number of likely N-dealkylation sites (N-methyl/N-ethyl adjacent to an activating group) is 1. The van der Waals surface area contributed by atoms with Crippen molar-refractivity contribution in [2.24, 2.45) is 5.73 Å². The number of hydrogen-bond acceptors (Lipinski definition) is 4. The molecule has 88 valence electrons. The molecule has 1 aliphatic heterocycles. The predicted octanol–water partition coefficient (Wildman–Crippen LogP) is -0.877. The molecule has 1 amide bonds. The van der Waals surface area contributed by atoms with Crippen LogP contribution in [0.4, 0.5) is 0 Å². The Morgan fingerprint density at radius 2 is 2.27 bits per heavy atom. The molecule has 0 saturated carbocycles. The van der Waals surface area contributed by atoms with Gasteiger partial charge in [0.25, 0.3) is 0 Å². The van der Waals surface area contributed by atoms with Crippen LogP contribution in [-0.2, 0) is 9.53 Å². The number of piperazine rings is 1. The van der Waals surface area contributed by atoms with Gasteiger partial charge in [-0.15, -0.1) is 0 Å². The van der Waals surface area contributed by atoms with Gasteiger partial charge in [0.15, 0.2) is 0 Å². The van der Waals surface area contributed by atoms with Gasteiger partial charge in [0.1, 0.15) is 6.04 Å². The summed E-state index contributed by atoms with van der Waals surface area (Å²) in [7, 11) is 3.60. The second-order valence-electron chi connectivity index (χ2n) is 4.04. The molecule has 2 atom stereocenters. The first-order valence-electron chi connectivity index (χ1n) is 5.31. The van der Waals surface area contributed by atoms with Crippen molar-refractivity contribution in [3.05, 3.63) is 0 Å². The molecular weight excluding hydrogens is 194 g/mol. The summed E-state index contributed by atoms with van der Waals surface area (Å²) in [5.41, 5.74) is 5.62. The minimum atomic E-state index is -0.175. The van der Waals surface area contributed by atoms with E-state index in [1.54, 1.807) is 7.11 Å². The van der Waals surface area contributed by atoms with Gasteiger partial charge in [-0.25, -0.2) is 0 Å². The number of carbonyl (C=O) groups is 1. The van der Waals surface area contributed by atoms with Gasteiger partial charge >= 0.3 is 0 Å². The van der Waals surface area contributed by atoms with Gasteiger partial charge in [-0.2, -0.15) is 0 Å². The lowest BCUT2D eigenvalue weighted by molar-refractivity contribution is -0.143. The Balaban J connectivity index is 2.63. The molecule has 2 N–H and O–H groups in total. The highest BCUT2D eigenvalue weighted by atomic mass is 16.5. The number of amides is 1. The van der Waals surface area contributed by atoms with Crippen molar-refractivity contribution >= 4 is 5.91 Å². The molecule has 1 aliphatic rings. The summed E-state index contributed by atoms with van der Waals surface area (Å²) in [5.74, 6) is 0.121. The van der Waals surface area contributed by atoms with Crippen LogP contribution in [0.5, 0.6) is 0 Å². The van der Waals surface area contributed by atoms with Crippen molar-refractivity contribution < 1.29 is 9.53 Å². The van der Waals surface area contributed by atoms with Crippen molar-refractivity contribution in [3.8, 4) is 0 Å². The van der Waals surface area contributed by atoms with Crippen LogP contribution in [0, 0.1) is 0 Å². The standard InChI is InChI=1S/C10H21N3O2/c1-8-7-13(4-5-15-3)10(14)9(6-11)12(8)2/h8-9H,4-7,11H2,1-3H3. The maximum absolute atomic E-state index is 12.0. The lowest BCUT2D eigenvalue weighted by Gasteiger charge is -2.42. The molecule has 5 heteroatoms. The molecule has 1 rings (SSSR count). The molecule has 1 saturated heterocycles. The van der Waals surface area contributed by atoms with E-state index in [2.05, 4.69) is 6.92 Å². The third-order valence-corrected chi connectivity index (χ3v) is 3.06. The zero-order valence-corrected chi connectivity index (χ0v) is 9.77. The third kappa shape index (κ3) is 2.68. The van der Waals surface area contributed by atoms with Gasteiger partial charge in [0, 0.05) is 32.8 Å². The SMILES string of the molecule is COCCN1CC(C)N(C)C(CN)C1=O. The van der Waals surface area contributed by atoms with Crippen LogP contribution in [0.1, 0.15) is 6.92 Å². The first-order chi connectivity index (χ1) is 7.11. The molecule has 0 radical (unpaired) electrons. The average molecular weight is 215 g/mol. The molecule has 15 heavy (non-hydrogen) atoms. The summed E-state index contributed by atoms with van der Waals surface area (Å²) >= 11 is 0. The molecule has 0 aromatic rings. The monoisotopic (exact) mass is 215 g/mol. The first-order valence-corrected chi connectivity index (χ1v) is 5.31. The van der Waals surface area contributed by atoms with Crippen LogP contribution >= 0.6 is 0 Å². The molecule has 0 aromatic heterocycles. The molecule has 0 aliphatic carbocycles. The van der Waals surface area contributed by atoms with E-state index < -0.39 is 0 Å². The van der Waals surface area contributed by atoms with Crippen molar-refractivity contribution in [1.82, 2.24) is 9.80 Å². The van der Waals surface area contributed by atoms with Gasteiger partial charge in [-0.05, 0) is 14.0 Å². The quantitative estimate of drug-likeness (QED) is 0.662. The lowest BCUT2D eigenvalue weighted by Crippen LogP contribution is -2.62. The Morgan fingerprint density at radius 3 is 2.80 bits per heavy atom. The Labute approximate surface area is 91.2 Å². The second-order valence-corrected chi connectivity index (χ2v) is 4.04. The minimum Gasteiger partial charge on any atom is -0.383 e. The fraction of sp³-hybridized carbons (Fsp3) is 0.900. The lowest BCUT2D eigenvalue weighted by atomic mass is 10.1. The first kappa shape index (κ1) is 12.4. The van der Waals surface area contributed by atoms with Crippen LogP contribution in [0.15, 0.2) is 0 Å².